The molecule has 2 aliphatic rings. The summed E-state index contributed by atoms with van der Waals surface area (Å²) >= 11 is 0. The summed E-state index contributed by atoms with van der Waals surface area (Å²) in [5.41, 5.74) is 13.0. The molecular weight excluding hydrogens is 733 g/mol. The van der Waals surface area contributed by atoms with Gasteiger partial charge < -0.3 is 13.9 Å². The van der Waals surface area contributed by atoms with Crippen LogP contribution in [0.2, 0.25) is 0 Å². The average Bonchev–Trinajstić information content (AvgIpc) is 3.83. The third-order valence-corrected chi connectivity index (χ3v) is 12.8. The molecule has 3 nitrogen and oxygen atoms in total. The summed E-state index contributed by atoms with van der Waals surface area (Å²) in [4.78, 5) is 0. The van der Waals surface area contributed by atoms with Crippen molar-refractivity contribution in [1.29, 1.82) is 0 Å². The average molecular weight is 767 g/mol. The first kappa shape index (κ1) is 33.1. The molecule has 1 aromatic heterocycles. The lowest BCUT2D eigenvalue weighted by atomic mass is 9.67. The number of para-hydroxylation sites is 1. The monoisotopic (exact) mass is 766 g/mol. The zero-order valence-electron chi connectivity index (χ0n) is 32.4. The van der Waals surface area contributed by atoms with Gasteiger partial charge in [-0.05, 0) is 114 Å². The van der Waals surface area contributed by atoms with E-state index in [1.54, 1.807) is 0 Å². The van der Waals surface area contributed by atoms with Crippen molar-refractivity contribution in [3.05, 3.63) is 229 Å². The van der Waals surface area contributed by atoms with E-state index in [9.17, 15) is 0 Å². The molecule has 0 amide bonds. The van der Waals surface area contributed by atoms with Crippen molar-refractivity contribution in [2.75, 3.05) is 0 Å². The largest absolute Gasteiger partial charge is 0.456 e. The maximum Gasteiger partial charge on any atom is 0.170 e. The highest BCUT2D eigenvalue weighted by Gasteiger charge is 2.47. The molecular formula is C57H34O3. The van der Waals surface area contributed by atoms with Gasteiger partial charge in [0.15, 0.2) is 23.0 Å². The van der Waals surface area contributed by atoms with Crippen molar-refractivity contribution in [2.24, 2.45) is 0 Å². The molecule has 0 saturated heterocycles. The second-order valence-electron chi connectivity index (χ2n) is 15.9. The Bertz CT molecular complexity index is 3450. The predicted octanol–water partition coefficient (Wildman–Crippen LogP) is 15.5. The van der Waals surface area contributed by atoms with Gasteiger partial charge in [-0.2, -0.15) is 0 Å². The van der Waals surface area contributed by atoms with E-state index in [2.05, 4.69) is 194 Å². The molecule has 1 aliphatic carbocycles. The summed E-state index contributed by atoms with van der Waals surface area (Å²) in [6.07, 6.45) is 0. The summed E-state index contributed by atoms with van der Waals surface area (Å²) < 4.78 is 20.1. The standard InChI is InChI=1S/C57H34O3/c1-3-16-36(17-4-1)57(37-18-5-2-6-19-37)46-27-13-11-20-38(46)45-33-52-53(34-47(45)57)60-51-32-35(30-31-49(51)59-52)54-39-21-7-9-23-41(39)55(42-24-10-8-22-40(42)54)44-26-15-29-50-56(44)43-25-12-14-28-48(43)58-50/h1-34H. The fraction of sp³-hybridized carbons (Fsp3) is 0.0175. The molecule has 2 heterocycles. The Balaban J connectivity index is 0.996. The minimum Gasteiger partial charge on any atom is -0.456 e. The van der Waals surface area contributed by atoms with Gasteiger partial charge in [0, 0.05) is 10.8 Å². The van der Waals surface area contributed by atoms with Gasteiger partial charge in [-0.1, -0.05) is 170 Å². The summed E-state index contributed by atoms with van der Waals surface area (Å²) in [6.45, 7) is 0. The molecule has 0 saturated carbocycles. The maximum atomic E-state index is 6.99. The quantitative estimate of drug-likeness (QED) is 0.167. The van der Waals surface area contributed by atoms with Crippen LogP contribution in [0.3, 0.4) is 0 Å². The molecule has 60 heavy (non-hydrogen) atoms. The number of fused-ring (bicyclic) bond motifs is 10. The van der Waals surface area contributed by atoms with E-state index in [0.717, 1.165) is 44.2 Å². The van der Waals surface area contributed by atoms with Gasteiger partial charge in [0.2, 0.25) is 0 Å². The van der Waals surface area contributed by atoms with Gasteiger partial charge in [-0.3, -0.25) is 0 Å². The lowest BCUT2D eigenvalue weighted by molar-refractivity contribution is 0.359. The van der Waals surface area contributed by atoms with Crippen molar-refractivity contribution >= 4 is 43.5 Å². The van der Waals surface area contributed by atoms with Crippen molar-refractivity contribution < 1.29 is 13.9 Å². The Morgan fingerprint density at radius 1 is 0.317 bits per heavy atom. The van der Waals surface area contributed by atoms with Crippen molar-refractivity contribution in [3.63, 3.8) is 0 Å². The molecule has 13 rings (SSSR count). The van der Waals surface area contributed by atoms with Crippen LogP contribution < -0.4 is 9.47 Å². The van der Waals surface area contributed by atoms with Crippen LogP contribution in [0.1, 0.15) is 22.3 Å². The number of furan rings is 1. The van der Waals surface area contributed by atoms with E-state index >= 15 is 0 Å². The van der Waals surface area contributed by atoms with Gasteiger partial charge in [0.25, 0.3) is 0 Å². The van der Waals surface area contributed by atoms with Gasteiger partial charge in [-0.25, -0.2) is 0 Å². The summed E-state index contributed by atoms with van der Waals surface area (Å²) in [6, 6.07) is 73.5. The Morgan fingerprint density at radius 3 is 1.57 bits per heavy atom. The fourth-order valence-electron chi connectivity index (χ4n) is 10.4. The minimum atomic E-state index is -0.540. The molecule has 280 valence electrons. The molecule has 0 atom stereocenters. The number of hydrogen-bond acceptors (Lipinski definition) is 3. The van der Waals surface area contributed by atoms with Gasteiger partial charge in [0.1, 0.15) is 11.2 Å². The van der Waals surface area contributed by atoms with E-state index in [0.29, 0.717) is 23.0 Å². The summed E-state index contributed by atoms with van der Waals surface area (Å²) in [5.74, 6) is 2.79. The maximum absolute atomic E-state index is 6.99. The van der Waals surface area contributed by atoms with Crippen LogP contribution in [-0.4, -0.2) is 0 Å². The number of rotatable bonds is 4. The van der Waals surface area contributed by atoms with Gasteiger partial charge in [0.05, 0.1) is 5.41 Å². The third-order valence-electron chi connectivity index (χ3n) is 12.8. The smallest absolute Gasteiger partial charge is 0.170 e. The van der Waals surface area contributed by atoms with Crippen molar-refractivity contribution in [3.8, 4) is 56.4 Å². The highest BCUT2D eigenvalue weighted by Crippen LogP contribution is 2.60. The molecule has 0 bridgehead atoms. The zero-order valence-corrected chi connectivity index (χ0v) is 32.4. The lowest BCUT2D eigenvalue weighted by Crippen LogP contribution is -2.28. The second-order valence-corrected chi connectivity index (χ2v) is 15.9. The molecule has 0 radical (unpaired) electrons. The molecule has 0 spiro atoms. The molecule has 0 unspecified atom stereocenters. The Kier molecular flexibility index (Phi) is 6.93. The predicted molar refractivity (Wildman–Crippen MR) is 243 cm³/mol. The first-order valence-corrected chi connectivity index (χ1v) is 20.5. The van der Waals surface area contributed by atoms with Crippen LogP contribution >= 0.6 is 0 Å². The Labute approximate surface area is 346 Å². The van der Waals surface area contributed by atoms with E-state index in [-0.39, 0.29) is 0 Å². The van der Waals surface area contributed by atoms with Crippen LogP contribution in [0.25, 0.3) is 76.9 Å². The zero-order chi connectivity index (χ0) is 39.4. The normalized spacial score (nSPS) is 13.4. The first-order chi connectivity index (χ1) is 29.8. The van der Waals surface area contributed by atoms with Crippen molar-refractivity contribution in [1.82, 2.24) is 0 Å². The topological polar surface area (TPSA) is 31.6 Å². The van der Waals surface area contributed by atoms with Gasteiger partial charge >= 0.3 is 0 Å². The van der Waals surface area contributed by atoms with Crippen LogP contribution in [-0.2, 0) is 5.41 Å². The summed E-state index contributed by atoms with van der Waals surface area (Å²) in [5, 5.41) is 6.94. The van der Waals surface area contributed by atoms with Crippen LogP contribution in [0.4, 0.5) is 0 Å². The SMILES string of the molecule is c1ccc(C2(c3ccccc3)c3ccccc3-c3cc4c(cc32)Oc2cc(-c3c5ccccc5c(-c5cccc6oc7ccccc7c56)c5ccccc35)ccc2O4)cc1. The minimum absolute atomic E-state index is 0.540. The first-order valence-electron chi connectivity index (χ1n) is 20.5. The van der Waals surface area contributed by atoms with E-state index in [1.807, 2.05) is 12.1 Å². The van der Waals surface area contributed by atoms with Crippen LogP contribution in [0.15, 0.2) is 211 Å². The number of ether oxygens (including phenoxy) is 2. The van der Waals surface area contributed by atoms with Crippen LogP contribution in [0.5, 0.6) is 23.0 Å². The van der Waals surface area contributed by atoms with E-state index in [4.69, 9.17) is 13.9 Å². The molecule has 0 fully saturated rings. The molecule has 10 aromatic carbocycles. The number of benzene rings is 10. The Hall–Kier alpha value is -7.88. The highest BCUT2D eigenvalue weighted by atomic mass is 16.6. The van der Waals surface area contributed by atoms with Crippen LogP contribution in [0, 0.1) is 0 Å². The van der Waals surface area contributed by atoms with E-state index < -0.39 is 5.41 Å². The lowest BCUT2D eigenvalue weighted by Gasteiger charge is -2.34. The number of hydrogen-bond donors (Lipinski definition) is 0. The van der Waals surface area contributed by atoms with Gasteiger partial charge in [-0.15, -0.1) is 0 Å². The molecule has 0 N–H and O–H groups in total. The van der Waals surface area contributed by atoms with E-state index in [1.165, 1.54) is 54.9 Å². The highest BCUT2D eigenvalue weighted by molar-refractivity contribution is 6.25. The Morgan fingerprint density at radius 2 is 0.850 bits per heavy atom. The molecule has 3 heteroatoms. The summed E-state index contributed by atoms with van der Waals surface area (Å²) in [7, 11) is 0. The third kappa shape index (κ3) is 4.54. The molecule has 1 aliphatic heterocycles. The fourth-order valence-corrected chi connectivity index (χ4v) is 10.4. The second kappa shape index (κ2) is 12.6. The van der Waals surface area contributed by atoms with Crippen molar-refractivity contribution in [2.45, 2.75) is 5.41 Å². The molecule has 11 aromatic rings.